The Balaban J connectivity index is 0.00000220. The molecule has 0 bridgehead atoms. The van der Waals surface area contributed by atoms with Gasteiger partial charge in [-0.05, 0) is 36.1 Å². The molecule has 0 atom stereocenters. The third-order valence-electron chi connectivity index (χ3n) is 2.64. The van der Waals surface area contributed by atoms with Gasteiger partial charge in [-0.25, -0.2) is 9.78 Å². The Morgan fingerprint density at radius 1 is 1.33 bits per heavy atom. The summed E-state index contributed by atoms with van der Waals surface area (Å²) in [7, 11) is 0. The third-order valence-corrected chi connectivity index (χ3v) is 3.35. The first-order valence-electron chi connectivity index (χ1n) is 5.89. The number of ether oxygens (including phenoxy) is 1. The largest absolute Gasteiger partial charge is 1.00 e. The monoisotopic (exact) mass is 319 g/mol. The van der Waals surface area contributed by atoms with Crippen LogP contribution in [0.5, 0.6) is 0 Å². The van der Waals surface area contributed by atoms with Crippen LogP contribution in [0.25, 0.3) is 0 Å². The minimum Gasteiger partial charge on any atom is -1.00 e. The molecule has 1 aromatic carbocycles. The number of nitriles is 1. The highest BCUT2D eigenvalue weighted by molar-refractivity contribution is 7.98. The van der Waals surface area contributed by atoms with Crippen molar-refractivity contribution in [2.45, 2.75) is 11.6 Å². The van der Waals surface area contributed by atoms with E-state index in [1.807, 2.05) is 12.3 Å². The summed E-state index contributed by atoms with van der Waals surface area (Å²) in [4.78, 5) is 16.1. The van der Waals surface area contributed by atoms with Crippen LogP contribution in [0.1, 0.15) is 21.5 Å². The van der Waals surface area contributed by atoms with Crippen molar-refractivity contribution in [3.05, 3.63) is 59.3 Å². The fourth-order valence-electron chi connectivity index (χ4n) is 1.61. The van der Waals surface area contributed by atoms with Crippen LogP contribution in [-0.4, -0.2) is 17.2 Å². The van der Waals surface area contributed by atoms with Crippen molar-refractivity contribution >= 4 is 17.7 Å². The average Bonchev–Trinajstić information content (AvgIpc) is 2.53. The molecule has 1 heterocycles. The number of nitrogens with zero attached hydrogens (tertiary/aromatic N) is 2. The Hall–Kier alpha value is -2.03. The molecular formula is C15H12ClN2O2S-. The van der Waals surface area contributed by atoms with Gasteiger partial charge in [0.2, 0.25) is 0 Å². The number of hydrogen-bond donors (Lipinski definition) is 0. The molecule has 2 aromatic rings. The third kappa shape index (κ3) is 4.48. The van der Waals surface area contributed by atoms with Crippen LogP contribution in [0.2, 0.25) is 0 Å². The highest BCUT2D eigenvalue weighted by atomic mass is 35.5. The second-order valence-corrected chi connectivity index (χ2v) is 4.74. The quantitative estimate of drug-likeness (QED) is 0.588. The summed E-state index contributed by atoms with van der Waals surface area (Å²) in [5.41, 5.74) is 1.89. The van der Waals surface area contributed by atoms with Crippen LogP contribution in [0.4, 0.5) is 0 Å². The van der Waals surface area contributed by atoms with E-state index in [1.165, 1.54) is 11.8 Å². The van der Waals surface area contributed by atoms with Crippen molar-refractivity contribution < 1.29 is 21.9 Å². The lowest BCUT2D eigenvalue weighted by molar-refractivity contribution is -0.0000228. The van der Waals surface area contributed by atoms with Gasteiger partial charge in [-0.1, -0.05) is 12.1 Å². The molecule has 0 unspecified atom stereocenters. The van der Waals surface area contributed by atoms with Gasteiger partial charge in [0.1, 0.15) is 11.6 Å². The van der Waals surface area contributed by atoms with E-state index in [9.17, 15) is 4.79 Å². The number of esters is 1. The Kier molecular flexibility index (Phi) is 6.73. The second-order valence-electron chi connectivity index (χ2n) is 3.95. The fourth-order valence-corrected chi connectivity index (χ4v) is 2.15. The zero-order chi connectivity index (χ0) is 14.4. The van der Waals surface area contributed by atoms with Crippen molar-refractivity contribution in [3.63, 3.8) is 0 Å². The molecule has 0 saturated heterocycles. The summed E-state index contributed by atoms with van der Waals surface area (Å²) in [6.45, 7) is 0.174. The maximum Gasteiger partial charge on any atom is 0.341 e. The van der Waals surface area contributed by atoms with E-state index < -0.39 is 5.97 Å². The van der Waals surface area contributed by atoms with Gasteiger partial charge >= 0.3 is 5.97 Å². The zero-order valence-corrected chi connectivity index (χ0v) is 12.8. The predicted molar refractivity (Wildman–Crippen MR) is 76.3 cm³/mol. The minimum atomic E-state index is -0.396. The van der Waals surface area contributed by atoms with Crippen LogP contribution in [0, 0.1) is 11.3 Å². The molecule has 0 N–H and O–H groups in total. The van der Waals surface area contributed by atoms with Gasteiger partial charge in [-0.2, -0.15) is 5.26 Å². The van der Waals surface area contributed by atoms with Crippen LogP contribution >= 0.6 is 11.8 Å². The van der Waals surface area contributed by atoms with Crippen molar-refractivity contribution in [2.24, 2.45) is 0 Å². The van der Waals surface area contributed by atoms with Gasteiger partial charge in [-0.15, -0.1) is 11.8 Å². The van der Waals surface area contributed by atoms with Crippen molar-refractivity contribution in [1.29, 1.82) is 5.26 Å². The van der Waals surface area contributed by atoms with E-state index >= 15 is 0 Å². The molecule has 1 aromatic heterocycles. The van der Waals surface area contributed by atoms with E-state index in [1.54, 1.807) is 42.6 Å². The van der Waals surface area contributed by atoms with Gasteiger partial charge < -0.3 is 17.1 Å². The summed E-state index contributed by atoms with van der Waals surface area (Å²) in [5, 5.41) is 9.36. The van der Waals surface area contributed by atoms with Crippen LogP contribution in [0.15, 0.2) is 47.6 Å². The smallest absolute Gasteiger partial charge is 0.341 e. The van der Waals surface area contributed by atoms with Crippen LogP contribution < -0.4 is 12.4 Å². The van der Waals surface area contributed by atoms with E-state index in [4.69, 9.17) is 10.00 Å². The number of carbonyl (C=O) groups excluding carboxylic acids is 1. The fraction of sp³-hybridized carbons (Fsp3) is 0.133. The molecule has 0 aliphatic heterocycles. The zero-order valence-electron chi connectivity index (χ0n) is 11.2. The van der Waals surface area contributed by atoms with Gasteiger partial charge in [0.15, 0.2) is 0 Å². The molecule has 0 aliphatic carbocycles. The maximum absolute atomic E-state index is 12.0. The SMILES string of the molecule is CSc1ncccc1C(=O)OCc1ccc(C#N)cc1.[Cl-]. The number of carbonyl (C=O) groups is 1. The average molecular weight is 320 g/mol. The Bertz CT molecular complexity index is 653. The molecule has 21 heavy (non-hydrogen) atoms. The number of benzene rings is 1. The molecule has 0 saturated carbocycles. The molecule has 0 radical (unpaired) electrons. The summed E-state index contributed by atoms with van der Waals surface area (Å²) >= 11 is 1.40. The number of thioether (sulfide) groups is 1. The highest BCUT2D eigenvalue weighted by Gasteiger charge is 2.12. The lowest BCUT2D eigenvalue weighted by atomic mass is 10.1. The van der Waals surface area contributed by atoms with E-state index in [0.29, 0.717) is 16.2 Å². The summed E-state index contributed by atoms with van der Waals surface area (Å²) in [5.74, 6) is -0.396. The molecule has 6 heteroatoms. The first-order chi connectivity index (χ1) is 9.74. The number of halogens is 1. The first-order valence-corrected chi connectivity index (χ1v) is 7.12. The summed E-state index contributed by atoms with van der Waals surface area (Å²) in [6, 6.07) is 12.4. The van der Waals surface area contributed by atoms with Crippen molar-refractivity contribution in [1.82, 2.24) is 4.98 Å². The predicted octanol–water partition coefficient (Wildman–Crippen LogP) is 0.0362. The Labute approximate surface area is 133 Å². The normalized spacial score (nSPS) is 9.33. The number of aromatic nitrogens is 1. The molecule has 0 fully saturated rings. The molecular weight excluding hydrogens is 308 g/mol. The molecule has 0 aliphatic rings. The lowest BCUT2D eigenvalue weighted by Gasteiger charge is -2.07. The molecule has 2 rings (SSSR count). The molecule has 0 amide bonds. The second kappa shape index (κ2) is 8.30. The number of pyridine rings is 1. The van der Waals surface area contributed by atoms with Crippen LogP contribution in [0.3, 0.4) is 0 Å². The van der Waals surface area contributed by atoms with Gasteiger partial charge in [0.25, 0.3) is 0 Å². The molecule has 0 spiro atoms. The Morgan fingerprint density at radius 3 is 2.67 bits per heavy atom. The highest BCUT2D eigenvalue weighted by Crippen LogP contribution is 2.18. The lowest BCUT2D eigenvalue weighted by Crippen LogP contribution is -3.00. The van der Waals surface area contributed by atoms with Gasteiger partial charge in [0, 0.05) is 6.20 Å². The summed E-state index contributed by atoms with van der Waals surface area (Å²) < 4.78 is 5.25. The Morgan fingerprint density at radius 2 is 2.05 bits per heavy atom. The van der Waals surface area contributed by atoms with Crippen molar-refractivity contribution in [3.8, 4) is 6.07 Å². The van der Waals surface area contributed by atoms with Crippen molar-refractivity contribution in [2.75, 3.05) is 6.26 Å². The van der Waals surface area contributed by atoms with E-state index in [2.05, 4.69) is 4.98 Å². The van der Waals surface area contributed by atoms with Crippen LogP contribution in [-0.2, 0) is 11.3 Å². The standard InChI is InChI=1S/C15H12N2O2S.ClH/c1-20-14-13(3-2-8-17-14)15(18)19-10-12-6-4-11(9-16)5-7-12;/h2-8H,10H2,1H3;1H/p-1. The molecule has 108 valence electrons. The van der Waals surface area contributed by atoms with Gasteiger partial charge in [-0.3, -0.25) is 0 Å². The van der Waals surface area contributed by atoms with Gasteiger partial charge in [0.05, 0.1) is 17.2 Å². The molecule has 4 nitrogen and oxygen atoms in total. The first kappa shape index (κ1) is 17.0. The number of rotatable bonds is 4. The van der Waals surface area contributed by atoms with E-state index in [0.717, 1.165) is 5.56 Å². The maximum atomic E-state index is 12.0. The topological polar surface area (TPSA) is 63.0 Å². The summed E-state index contributed by atoms with van der Waals surface area (Å²) in [6.07, 6.45) is 3.50. The number of hydrogen-bond acceptors (Lipinski definition) is 5. The van der Waals surface area contributed by atoms with E-state index in [-0.39, 0.29) is 19.0 Å². The minimum absolute atomic E-state index is 0.